The molecule has 0 spiro atoms. The normalized spacial score (nSPS) is 15.2. The van der Waals surface area contributed by atoms with Crippen molar-refractivity contribution < 1.29 is 17.9 Å². The zero-order chi connectivity index (χ0) is 20.9. The van der Waals surface area contributed by atoms with Crippen LogP contribution in [0.4, 0.5) is 16.2 Å². The number of anilines is 2. The second-order valence-corrected chi connectivity index (χ2v) is 8.85. The van der Waals surface area contributed by atoms with Gasteiger partial charge in [0.15, 0.2) is 0 Å². The van der Waals surface area contributed by atoms with E-state index in [1.165, 1.54) is 31.4 Å². The minimum atomic E-state index is -3.60. The summed E-state index contributed by atoms with van der Waals surface area (Å²) in [7, 11) is -2.33. The van der Waals surface area contributed by atoms with E-state index in [0.717, 1.165) is 37.3 Å². The van der Waals surface area contributed by atoms with Crippen molar-refractivity contribution in [2.45, 2.75) is 24.7 Å². The van der Waals surface area contributed by atoms with Crippen LogP contribution in [0.15, 0.2) is 47.5 Å². The van der Waals surface area contributed by atoms with E-state index in [0.29, 0.717) is 18.2 Å². The molecule has 2 N–H and O–H groups in total. The van der Waals surface area contributed by atoms with Crippen LogP contribution in [0.3, 0.4) is 0 Å². The Morgan fingerprint density at radius 2 is 1.90 bits per heavy atom. The molecule has 1 aromatic carbocycles. The Labute approximate surface area is 171 Å². The van der Waals surface area contributed by atoms with Gasteiger partial charge in [-0.15, -0.1) is 0 Å². The smallest absolute Gasteiger partial charge is 0.411 e. The number of nitrogens with one attached hydrogen (secondary N) is 2. The number of carbonyl (C=O) groups excluding carboxylic acids is 1. The van der Waals surface area contributed by atoms with Crippen molar-refractivity contribution in [2.24, 2.45) is 5.92 Å². The van der Waals surface area contributed by atoms with Crippen molar-refractivity contribution in [2.75, 3.05) is 37.0 Å². The lowest BCUT2D eigenvalue weighted by Crippen LogP contribution is -2.38. The van der Waals surface area contributed by atoms with E-state index >= 15 is 0 Å². The molecule has 1 aromatic heterocycles. The van der Waals surface area contributed by atoms with Gasteiger partial charge in [-0.3, -0.25) is 10.3 Å². The highest BCUT2D eigenvalue weighted by Gasteiger charge is 2.22. The molecule has 1 saturated heterocycles. The molecule has 1 aliphatic heterocycles. The fourth-order valence-electron chi connectivity index (χ4n) is 3.32. The van der Waals surface area contributed by atoms with Crippen molar-refractivity contribution >= 4 is 27.5 Å². The Bertz CT molecular complexity index is 939. The number of hydrogen-bond donors (Lipinski definition) is 2. The topological polar surface area (TPSA) is 101 Å². The average molecular weight is 419 g/mol. The third-order valence-electron chi connectivity index (χ3n) is 5.02. The fourth-order valence-corrected chi connectivity index (χ4v) is 4.44. The van der Waals surface area contributed by atoms with Crippen LogP contribution < -0.4 is 14.9 Å². The van der Waals surface area contributed by atoms with Crippen LogP contribution in [0.2, 0.25) is 0 Å². The number of aryl methyl sites for hydroxylation is 1. The van der Waals surface area contributed by atoms with E-state index in [9.17, 15) is 13.2 Å². The molecule has 1 aliphatic rings. The van der Waals surface area contributed by atoms with E-state index in [4.69, 9.17) is 0 Å². The van der Waals surface area contributed by atoms with Crippen LogP contribution in [0, 0.1) is 12.8 Å². The van der Waals surface area contributed by atoms with Crippen molar-refractivity contribution in [3.63, 3.8) is 0 Å². The predicted octanol–water partition coefficient (Wildman–Crippen LogP) is 2.76. The number of methoxy groups -OCH3 is 1. The molecule has 8 nitrogen and oxygen atoms in total. The van der Waals surface area contributed by atoms with Crippen LogP contribution >= 0.6 is 0 Å². The highest BCUT2D eigenvalue weighted by Crippen LogP contribution is 2.23. The molecule has 3 rings (SSSR count). The number of sulfonamides is 1. The molecule has 29 heavy (non-hydrogen) atoms. The van der Waals surface area contributed by atoms with Crippen LogP contribution in [0.5, 0.6) is 0 Å². The summed E-state index contributed by atoms with van der Waals surface area (Å²) in [4.78, 5) is 17.9. The largest absolute Gasteiger partial charge is 0.453 e. The Morgan fingerprint density at radius 1 is 1.21 bits per heavy atom. The van der Waals surface area contributed by atoms with Crippen LogP contribution in [-0.2, 0) is 14.8 Å². The molecule has 0 atom stereocenters. The summed E-state index contributed by atoms with van der Waals surface area (Å²) in [5.74, 6) is 0.296. The molecule has 0 unspecified atom stereocenters. The molecule has 0 aliphatic carbocycles. The number of ether oxygens (including phenoxy) is 1. The molecule has 156 valence electrons. The standard InChI is InChI=1S/C20H26N4O4S/c1-15-13-18(7-10-21-15)24-11-8-16(9-12-24)14-22-29(26,27)19-5-3-17(4-6-19)23-20(25)28-2/h3-7,10,13,16,22H,8-9,11-12,14H2,1-2H3,(H,23,25). The summed E-state index contributed by atoms with van der Waals surface area (Å²) in [6.07, 6.45) is 3.06. The molecule has 0 saturated carbocycles. The van der Waals surface area contributed by atoms with Gasteiger partial charge < -0.3 is 9.64 Å². The molecule has 1 amide bonds. The first-order valence-electron chi connectivity index (χ1n) is 9.49. The van der Waals surface area contributed by atoms with Crippen LogP contribution in [0.1, 0.15) is 18.5 Å². The number of hydrogen-bond acceptors (Lipinski definition) is 6. The first-order chi connectivity index (χ1) is 13.9. The fraction of sp³-hybridized carbons (Fsp3) is 0.400. The van der Waals surface area contributed by atoms with Gasteiger partial charge in [0.2, 0.25) is 10.0 Å². The van der Waals surface area contributed by atoms with Crippen LogP contribution in [-0.4, -0.2) is 46.2 Å². The van der Waals surface area contributed by atoms with E-state index in [1.807, 2.05) is 19.2 Å². The molecule has 0 radical (unpaired) electrons. The molecule has 2 aromatic rings. The molecule has 9 heteroatoms. The van der Waals surface area contributed by atoms with Crippen molar-refractivity contribution in [3.8, 4) is 0 Å². The van der Waals surface area contributed by atoms with Gasteiger partial charge in [0.05, 0.1) is 12.0 Å². The first kappa shape index (κ1) is 21.1. The molecule has 0 bridgehead atoms. The number of aromatic nitrogens is 1. The third kappa shape index (κ3) is 5.68. The van der Waals surface area contributed by atoms with Gasteiger partial charge in [-0.1, -0.05) is 0 Å². The van der Waals surface area contributed by atoms with E-state index in [2.05, 4.69) is 30.7 Å². The minimum absolute atomic E-state index is 0.164. The van der Waals surface area contributed by atoms with E-state index < -0.39 is 16.1 Å². The number of amides is 1. The number of rotatable bonds is 6. The lowest BCUT2D eigenvalue weighted by atomic mass is 9.97. The van der Waals surface area contributed by atoms with Gasteiger partial charge >= 0.3 is 6.09 Å². The highest BCUT2D eigenvalue weighted by atomic mass is 32.2. The Hall–Kier alpha value is -2.65. The average Bonchev–Trinajstić information content (AvgIpc) is 2.73. The number of benzene rings is 1. The quantitative estimate of drug-likeness (QED) is 0.748. The third-order valence-corrected chi connectivity index (χ3v) is 6.46. The van der Waals surface area contributed by atoms with Gasteiger partial charge in [0.25, 0.3) is 0 Å². The van der Waals surface area contributed by atoms with E-state index in [1.54, 1.807) is 0 Å². The highest BCUT2D eigenvalue weighted by molar-refractivity contribution is 7.89. The maximum atomic E-state index is 12.5. The van der Waals surface area contributed by atoms with Gasteiger partial charge in [-0.25, -0.2) is 17.9 Å². The first-order valence-corrected chi connectivity index (χ1v) is 11.0. The molecular weight excluding hydrogens is 392 g/mol. The number of pyridine rings is 1. The van der Waals surface area contributed by atoms with Gasteiger partial charge in [-0.2, -0.15) is 0 Å². The number of piperidine rings is 1. The molecule has 1 fully saturated rings. The minimum Gasteiger partial charge on any atom is -0.453 e. The van der Waals surface area contributed by atoms with Crippen LogP contribution in [0.25, 0.3) is 0 Å². The molecule has 2 heterocycles. The SMILES string of the molecule is COC(=O)Nc1ccc(S(=O)(=O)NCC2CCN(c3ccnc(C)c3)CC2)cc1. The Kier molecular flexibility index (Phi) is 6.71. The Morgan fingerprint density at radius 3 is 2.52 bits per heavy atom. The summed E-state index contributed by atoms with van der Waals surface area (Å²) < 4.78 is 32.3. The number of carbonyl (C=O) groups is 1. The van der Waals surface area contributed by atoms with Crippen molar-refractivity contribution in [1.29, 1.82) is 0 Å². The van der Waals surface area contributed by atoms with Gasteiger partial charge in [-0.05, 0) is 62.1 Å². The maximum Gasteiger partial charge on any atom is 0.411 e. The lowest BCUT2D eigenvalue weighted by molar-refractivity contribution is 0.187. The van der Waals surface area contributed by atoms with Crippen molar-refractivity contribution in [3.05, 3.63) is 48.3 Å². The molecular formula is C20H26N4O4S. The summed E-state index contributed by atoms with van der Waals surface area (Å²) in [6.45, 7) is 4.17. The monoisotopic (exact) mass is 418 g/mol. The zero-order valence-electron chi connectivity index (χ0n) is 16.6. The maximum absolute atomic E-state index is 12.5. The number of nitrogens with zero attached hydrogens (tertiary/aromatic N) is 2. The van der Waals surface area contributed by atoms with Gasteiger partial charge in [0, 0.05) is 42.9 Å². The van der Waals surface area contributed by atoms with Crippen molar-refractivity contribution in [1.82, 2.24) is 9.71 Å². The summed E-state index contributed by atoms with van der Waals surface area (Å²) >= 11 is 0. The summed E-state index contributed by atoms with van der Waals surface area (Å²) in [5, 5.41) is 2.49. The zero-order valence-corrected chi connectivity index (χ0v) is 17.4. The predicted molar refractivity (Wildman–Crippen MR) is 112 cm³/mol. The van der Waals surface area contributed by atoms with Gasteiger partial charge in [0.1, 0.15) is 0 Å². The lowest BCUT2D eigenvalue weighted by Gasteiger charge is -2.33. The second-order valence-electron chi connectivity index (χ2n) is 7.08. The Balaban J connectivity index is 1.51. The van der Waals surface area contributed by atoms with E-state index in [-0.39, 0.29) is 4.90 Å². The second kappa shape index (κ2) is 9.23. The summed E-state index contributed by atoms with van der Waals surface area (Å²) in [5.41, 5.74) is 2.62. The summed E-state index contributed by atoms with van der Waals surface area (Å²) in [6, 6.07) is 10.1.